The van der Waals surface area contributed by atoms with Crippen molar-refractivity contribution in [2.45, 2.75) is 32.4 Å². The zero-order valence-corrected chi connectivity index (χ0v) is 6.41. The number of hydrogen-bond donors (Lipinski definition) is 0. The molecule has 0 N–H and O–H groups in total. The average molecular weight is 154 g/mol. The van der Waals surface area contributed by atoms with E-state index >= 15 is 0 Å². The molecule has 11 heavy (non-hydrogen) atoms. The van der Waals surface area contributed by atoms with Crippen molar-refractivity contribution in [2.24, 2.45) is 5.10 Å². The lowest BCUT2D eigenvalue weighted by Crippen LogP contribution is -2.37. The van der Waals surface area contributed by atoms with Crippen LogP contribution in [-0.2, 0) is 9.53 Å². The first-order valence-electron chi connectivity index (χ1n) is 3.81. The molecule has 0 aromatic carbocycles. The molecule has 0 spiro atoms. The van der Waals surface area contributed by atoms with Crippen molar-refractivity contribution in [1.82, 2.24) is 5.01 Å². The number of hydrazone groups is 1. The number of carbonyl (C=O) groups is 1. The zero-order chi connectivity index (χ0) is 7.84. The molecule has 60 valence electrons. The van der Waals surface area contributed by atoms with Gasteiger partial charge < -0.3 is 4.74 Å². The summed E-state index contributed by atoms with van der Waals surface area (Å²) in [6, 6.07) is 0. The Morgan fingerprint density at radius 2 is 2.55 bits per heavy atom. The monoisotopic (exact) mass is 154 g/mol. The highest BCUT2D eigenvalue weighted by Gasteiger charge is 2.33. The Bertz CT molecular complexity index is 224. The molecule has 0 saturated carbocycles. The molecule has 4 heteroatoms. The van der Waals surface area contributed by atoms with Crippen molar-refractivity contribution in [3.63, 3.8) is 0 Å². The highest BCUT2D eigenvalue weighted by molar-refractivity contribution is 5.82. The summed E-state index contributed by atoms with van der Waals surface area (Å²) in [4.78, 5) is 11.2. The van der Waals surface area contributed by atoms with Crippen LogP contribution < -0.4 is 0 Å². The third-order valence-corrected chi connectivity index (χ3v) is 1.93. The van der Waals surface area contributed by atoms with Crippen LogP contribution in [0.2, 0.25) is 0 Å². The topological polar surface area (TPSA) is 41.9 Å². The number of carbonyl (C=O) groups excluding carboxylic acids is 1. The molecule has 0 aromatic heterocycles. The second-order valence-electron chi connectivity index (χ2n) is 2.82. The number of piperidine rings is 1. The van der Waals surface area contributed by atoms with Gasteiger partial charge in [-0.2, -0.15) is 5.01 Å². The Labute approximate surface area is 64.8 Å². The lowest BCUT2D eigenvalue weighted by Gasteiger charge is -2.24. The summed E-state index contributed by atoms with van der Waals surface area (Å²) in [6.07, 6.45) is 2.34. The van der Waals surface area contributed by atoms with Gasteiger partial charge in [-0.15, -0.1) is 5.10 Å². The number of nitrogens with zero attached hydrogens (tertiary/aromatic N) is 2. The first-order chi connectivity index (χ1) is 5.27. The highest BCUT2D eigenvalue weighted by atomic mass is 16.5. The van der Waals surface area contributed by atoms with Crippen LogP contribution in [0.3, 0.4) is 0 Å². The van der Waals surface area contributed by atoms with Gasteiger partial charge >= 0.3 is 0 Å². The van der Waals surface area contributed by atoms with Gasteiger partial charge in [0.05, 0.1) is 0 Å². The van der Waals surface area contributed by atoms with E-state index in [9.17, 15) is 4.79 Å². The molecule has 1 amide bonds. The molecule has 2 rings (SSSR count). The summed E-state index contributed by atoms with van der Waals surface area (Å²) < 4.78 is 5.29. The minimum absolute atomic E-state index is 0.0816. The molecule has 2 aliphatic rings. The maximum atomic E-state index is 11.2. The first-order valence-corrected chi connectivity index (χ1v) is 3.81. The Morgan fingerprint density at radius 3 is 3.27 bits per heavy atom. The summed E-state index contributed by atoms with van der Waals surface area (Å²) >= 11 is 0. The minimum Gasteiger partial charge on any atom is -0.454 e. The summed E-state index contributed by atoms with van der Waals surface area (Å²) in [5, 5.41) is 5.43. The number of hydrogen-bond acceptors (Lipinski definition) is 3. The number of amides is 1. The van der Waals surface area contributed by atoms with Gasteiger partial charge in [0.25, 0.3) is 0 Å². The molecule has 0 bridgehead atoms. The molecular formula is C7H10N2O2. The van der Waals surface area contributed by atoms with E-state index in [0.717, 1.165) is 12.8 Å². The van der Waals surface area contributed by atoms with Crippen molar-refractivity contribution < 1.29 is 9.53 Å². The number of fused-ring (bicyclic) bond motifs is 1. The fraction of sp³-hybridized carbons (Fsp3) is 0.714. The molecule has 0 aliphatic carbocycles. The van der Waals surface area contributed by atoms with Gasteiger partial charge in [0.2, 0.25) is 11.8 Å². The average Bonchev–Trinajstić information content (AvgIpc) is 2.31. The summed E-state index contributed by atoms with van der Waals surface area (Å²) in [5.41, 5.74) is 0. The summed E-state index contributed by atoms with van der Waals surface area (Å²) in [5.74, 6) is 0.684. The smallest absolute Gasteiger partial charge is 0.246 e. The minimum atomic E-state index is -0.101. The van der Waals surface area contributed by atoms with Crippen LogP contribution >= 0.6 is 0 Å². The predicted molar refractivity (Wildman–Crippen MR) is 38.7 cm³/mol. The van der Waals surface area contributed by atoms with Gasteiger partial charge in [0, 0.05) is 19.8 Å². The number of ether oxygens (including phenoxy) is 1. The molecule has 2 heterocycles. The number of rotatable bonds is 0. The Balaban J connectivity index is 2.18. The largest absolute Gasteiger partial charge is 0.454 e. The molecular weight excluding hydrogens is 144 g/mol. The molecule has 0 aromatic rings. The van der Waals surface area contributed by atoms with Crippen LogP contribution in [0, 0.1) is 0 Å². The van der Waals surface area contributed by atoms with E-state index in [2.05, 4.69) is 5.10 Å². The van der Waals surface area contributed by atoms with Crippen LogP contribution in [0.1, 0.15) is 26.2 Å². The SMILES string of the molecule is CC1=NN2C(=O)CCCC2O1. The van der Waals surface area contributed by atoms with Crippen LogP contribution in [-0.4, -0.2) is 23.0 Å². The molecule has 1 fully saturated rings. The van der Waals surface area contributed by atoms with E-state index in [4.69, 9.17) is 4.74 Å². The third kappa shape index (κ3) is 0.982. The molecule has 2 aliphatic heterocycles. The summed E-state index contributed by atoms with van der Waals surface area (Å²) in [6.45, 7) is 1.77. The van der Waals surface area contributed by atoms with Gasteiger partial charge in [-0.05, 0) is 6.42 Å². The molecule has 1 saturated heterocycles. The molecule has 0 radical (unpaired) electrons. The molecule has 4 nitrogen and oxygen atoms in total. The standard InChI is InChI=1S/C7H10N2O2/c1-5-8-9-6(10)3-2-4-7(9)11-5/h7H,2-4H2,1H3. The van der Waals surface area contributed by atoms with E-state index in [1.807, 2.05) is 0 Å². The summed E-state index contributed by atoms with van der Waals surface area (Å²) in [7, 11) is 0. The van der Waals surface area contributed by atoms with Crippen LogP contribution in [0.5, 0.6) is 0 Å². The Kier molecular flexibility index (Phi) is 1.34. The Morgan fingerprint density at radius 1 is 1.73 bits per heavy atom. The van der Waals surface area contributed by atoms with Gasteiger partial charge in [-0.1, -0.05) is 0 Å². The first kappa shape index (κ1) is 6.64. The Hall–Kier alpha value is -1.06. The lowest BCUT2D eigenvalue weighted by molar-refractivity contribution is -0.141. The second-order valence-corrected chi connectivity index (χ2v) is 2.82. The maximum Gasteiger partial charge on any atom is 0.246 e. The van der Waals surface area contributed by atoms with Crippen LogP contribution in [0.15, 0.2) is 5.10 Å². The predicted octanol–water partition coefficient (Wildman–Crippen LogP) is 0.689. The van der Waals surface area contributed by atoms with Crippen molar-refractivity contribution in [3.8, 4) is 0 Å². The third-order valence-electron chi connectivity index (χ3n) is 1.93. The van der Waals surface area contributed by atoms with Gasteiger partial charge in [-0.25, -0.2) is 0 Å². The van der Waals surface area contributed by atoms with Gasteiger partial charge in [0.15, 0.2) is 6.23 Å². The fourth-order valence-corrected chi connectivity index (χ4v) is 1.43. The molecule has 1 atom stereocenters. The van der Waals surface area contributed by atoms with E-state index in [-0.39, 0.29) is 12.1 Å². The fourth-order valence-electron chi connectivity index (χ4n) is 1.43. The lowest BCUT2D eigenvalue weighted by atomic mass is 10.1. The highest BCUT2D eigenvalue weighted by Crippen LogP contribution is 2.23. The van der Waals surface area contributed by atoms with Crippen molar-refractivity contribution in [2.75, 3.05) is 0 Å². The van der Waals surface area contributed by atoms with E-state index < -0.39 is 0 Å². The second kappa shape index (κ2) is 2.22. The quantitative estimate of drug-likeness (QED) is 0.515. The van der Waals surface area contributed by atoms with Crippen LogP contribution in [0.4, 0.5) is 0 Å². The van der Waals surface area contributed by atoms with Gasteiger partial charge in [0.1, 0.15) is 0 Å². The van der Waals surface area contributed by atoms with Crippen molar-refractivity contribution in [3.05, 3.63) is 0 Å². The van der Waals surface area contributed by atoms with Crippen molar-refractivity contribution >= 4 is 11.8 Å². The zero-order valence-electron chi connectivity index (χ0n) is 6.41. The molecule has 1 unspecified atom stereocenters. The maximum absolute atomic E-state index is 11.2. The van der Waals surface area contributed by atoms with E-state index in [0.29, 0.717) is 12.3 Å². The van der Waals surface area contributed by atoms with Gasteiger partial charge in [-0.3, -0.25) is 4.79 Å². The van der Waals surface area contributed by atoms with Crippen molar-refractivity contribution in [1.29, 1.82) is 0 Å². The van der Waals surface area contributed by atoms with E-state index in [1.54, 1.807) is 6.92 Å². The van der Waals surface area contributed by atoms with E-state index in [1.165, 1.54) is 5.01 Å². The van der Waals surface area contributed by atoms with Crippen LogP contribution in [0.25, 0.3) is 0 Å². The normalized spacial score (nSPS) is 29.5.